The van der Waals surface area contributed by atoms with E-state index in [1.807, 2.05) is 0 Å². The molecule has 0 radical (unpaired) electrons. The number of carbonyl (C=O) groups is 1. The summed E-state index contributed by atoms with van der Waals surface area (Å²) in [5.74, 6) is -0.749. The van der Waals surface area contributed by atoms with Gasteiger partial charge in [0.15, 0.2) is 6.79 Å². The molecule has 0 aliphatic carbocycles. The Labute approximate surface area is 166 Å². The molecule has 1 aromatic heterocycles. The summed E-state index contributed by atoms with van der Waals surface area (Å²) in [6.07, 6.45) is 0. The van der Waals surface area contributed by atoms with Gasteiger partial charge in [0.05, 0.1) is 16.6 Å². The lowest BCUT2D eigenvalue weighted by molar-refractivity contribution is -0.385. The monoisotopic (exact) mass is 423 g/mol. The van der Waals surface area contributed by atoms with Crippen molar-refractivity contribution >= 4 is 44.7 Å². The zero-order valence-electron chi connectivity index (χ0n) is 14.1. The number of ether oxygens (including phenoxy) is 3. The van der Waals surface area contributed by atoms with Crippen LogP contribution in [0.5, 0.6) is 5.75 Å². The third kappa shape index (κ3) is 3.39. The van der Waals surface area contributed by atoms with Crippen molar-refractivity contribution in [3.63, 3.8) is 0 Å². The smallest absolute Gasteiger partial charge is 0.350 e. The number of esters is 1. The Morgan fingerprint density at radius 3 is 2.96 bits per heavy atom. The lowest BCUT2D eigenvalue weighted by Crippen LogP contribution is -2.14. The van der Waals surface area contributed by atoms with Crippen LogP contribution in [0.4, 0.5) is 10.1 Å². The van der Waals surface area contributed by atoms with Gasteiger partial charge in [-0.25, -0.2) is 9.18 Å². The number of carbonyl (C=O) groups excluding carboxylic acids is 1. The van der Waals surface area contributed by atoms with Crippen LogP contribution in [-0.4, -0.2) is 17.7 Å². The van der Waals surface area contributed by atoms with E-state index in [-0.39, 0.29) is 35.6 Å². The van der Waals surface area contributed by atoms with Crippen LogP contribution < -0.4 is 4.74 Å². The fraction of sp³-hybridized carbons (Fsp3) is 0.167. The zero-order valence-corrected chi connectivity index (χ0v) is 15.6. The Morgan fingerprint density at radius 1 is 1.36 bits per heavy atom. The van der Waals surface area contributed by atoms with Gasteiger partial charge in [-0.2, -0.15) is 0 Å². The number of halogens is 2. The molecule has 0 saturated carbocycles. The second-order valence-corrected chi connectivity index (χ2v) is 7.35. The molecule has 0 atom stereocenters. The summed E-state index contributed by atoms with van der Waals surface area (Å²) >= 11 is 7.24. The first-order chi connectivity index (χ1) is 13.4. The van der Waals surface area contributed by atoms with Crippen LogP contribution >= 0.6 is 22.9 Å². The van der Waals surface area contributed by atoms with E-state index in [4.69, 9.17) is 25.8 Å². The van der Waals surface area contributed by atoms with Crippen LogP contribution in [0.3, 0.4) is 0 Å². The number of non-ortho nitro benzene ring substituents is 1. The molecule has 28 heavy (non-hydrogen) atoms. The summed E-state index contributed by atoms with van der Waals surface area (Å²) in [6, 6.07) is 6.68. The molecule has 144 valence electrons. The number of thiophene rings is 1. The third-order valence-electron chi connectivity index (χ3n) is 4.12. The van der Waals surface area contributed by atoms with Gasteiger partial charge < -0.3 is 14.2 Å². The van der Waals surface area contributed by atoms with E-state index < -0.39 is 16.7 Å². The molecule has 4 rings (SSSR count). The van der Waals surface area contributed by atoms with Crippen molar-refractivity contribution in [3.05, 3.63) is 67.3 Å². The Kier molecular flexibility index (Phi) is 4.88. The predicted molar refractivity (Wildman–Crippen MR) is 99.3 cm³/mol. The van der Waals surface area contributed by atoms with Crippen molar-refractivity contribution in [1.82, 2.24) is 0 Å². The van der Waals surface area contributed by atoms with Gasteiger partial charge in [-0.3, -0.25) is 10.1 Å². The number of nitro benzene ring substituents is 1. The minimum Gasteiger partial charge on any atom is -0.467 e. The maximum Gasteiger partial charge on any atom is 0.350 e. The number of fused-ring (bicyclic) bond motifs is 2. The molecule has 0 spiro atoms. The minimum absolute atomic E-state index is 0.000532. The summed E-state index contributed by atoms with van der Waals surface area (Å²) in [5.41, 5.74) is 0.695. The first kappa shape index (κ1) is 18.6. The van der Waals surface area contributed by atoms with Gasteiger partial charge in [0, 0.05) is 33.3 Å². The van der Waals surface area contributed by atoms with Crippen molar-refractivity contribution in [2.45, 2.75) is 13.2 Å². The first-order valence-electron chi connectivity index (χ1n) is 7.99. The average molecular weight is 424 g/mol. The SMILES string of the molecule is O=C(OCc1cc([N+](=O)[O-])cc2c1OCOC2)c1sc2cc(F)ccc2c1Cl. The van der Waals surface area contributed by atoms with E-state index in [0.717, 1.165) is 11.3 Å². The van der Waals surface area contributed by atoms with Gasteiger partial charge in [-0.1, -0.05) is 11.6 Å². The van der Waals surface area contributed by atoms with E-state index in [9.17, 15) is 19.3 Å². The average Bonchev–Trinajstić information content (AvgIpc) is 3.01. The molecule has 0 fully saturated rings. The number of nitro groups is 1. The topological polar surface area (TPSA) is 87.9 Å². The summed E-state index contributed by atoms with van der Waals surface area (Å²) < 4.78 is 29.8. The second kappa shape index (κ2) is 7.34. The van der Waals surface area contributed by atoms with Gasteiger partial charge in [0.25, 0.3) is 5.69 Å². The molecule has 2 aromatic carbocycles. The lowest BCUT2D eigenvalue weighted by Gasteiger charge is -2.20. The molecule has 0 N–H and O–H groups in total. The summed E-state index contributed by atoms with van der Waals surface area (Å²) in [5, 5.41) is 11.9. The standard InChI is InChI=1S/C18H11ClFNO6S/c19-15-13-2-1-11(20)5-14(13)28-17(15)18(22)26-7-10-4-12(21(23)24)3-9-6-25-8-27-16(9)10/h1-5H,6-8H2. The zero-order chi connectivity index (χ0) is 19.8. The molecule has 1 aliphatic rings. The van der Waals surface area contributed by atoms with Crippen molar-refractivity contribution in [2.24, 2.45) is 0 Å². The number of benzene rings is 2. The van der Waals surface area contributed by atoms with Gasteiger partial charge in [0.1, 0.15) is 23.1 Å². The number of hydrogen-bond donors (Lipinski definition) is 0. The van der Waals surface area contributed by atoms with Crippen LogP contribution in [0.15, 0.2) is 30.3 Å². The fourth-order valence-electron chi connectivity index (χ4n) is 2.87. The molecule has 0 unspecified atom stereocenters. The molecule has 1 aliphatic heterocycles. The highest BCUT2D eigenvalue weighted by molar-refractivity contribution is 7.21. The quantitative estimate of drug-likeness (QED) is 0.339. The number of rotatable bonds is 4. The molecule has 2 heterocycles. The molecular weight excluding hydrogens is 413 g/mol. The highest BCUT2D eigenvalue weighted by Gasteiger charge is 2.23. The van der Waals surface area contributed by atoms with Crippen LogP contribution in [0.25, 0.3) is 10.1 Å². The Hall–Kier alpha value is -2.75. The molecule has 10 heteroatoms. The highest BCUT2D eigenvalue weighted by atomic mass is 35.5. The number of hydrogen-bond acceptors (Lipinski definition) is 7. The van der Waals surface area contributed by atoms with E-state index >= 15 is 0 Å². The van der Waals surface area contributed by atoms with Crippen LogP contribution in [0, 0.1) is 15.9 Å². The van der Waals surface area contributed by atoms with Crippen molar-refractivity contribution in [2.75, 3.05) is 6.79 Å². The van der Waals surface area contributed by atoms with E-state index in [1.165, 1.54) is 30.3 Å². The lowest BCUT2D eigenvalue weighted by atomic mass is 10.1. The molecular formula is C18H11ClFNO6S. The van der Waals surface area contributed by atoms with Gasteiger partial charge >= 0.3 is 5.97 Å². The fourth-order valence-corrected chi connectivity index (χ4v) is 4.30. The van der Waals surface area contributed by atoms with E-state index in [1.54, 1.807) is 0 Å². The molecule has 3 aromatic rings. The Balaban J connectivity index is 1.61. The maximum atomic E-state index is 13.4. The van der Waals surface area contributed by atoms with Crippen molar-refractivity contribution in [3.8, 4) is 5.75 Å². The largest absolute Gasteiger partial charge is 0.467 e. The van der Waals surface area contributed by atoms with Gasteiger partial charge in [0.2, 0.25) is 0 Å². The molecule has 0 saturated heterocycles. The minimum atomic E-state index is -0.709. The summed E-state index contributed by atoms with van der Waals surface area (Å²) in [4.78, 5) is 23.2. The Bertz CT molecular complexity index is 1120. The van der Waals surface area contributed by atoms with E-state index in [0.29, 0.717) is 27.0 Å². The summed E-state index contributed by atoms with van der Waals surface area (Å²) in [7, 11) is 0. The molecule has 7 nitrogen and oxygen atoms in total. The van der Waals surface area contributed by atoms with Crippen molar-refractivity contribution in [1.29, 1.82) is 0 Å². The third-order valence-corrected chi connectivity index (χ3v) is 5.76. The highest BCUT2D eigenvalue weighted by Crippen LogP contribution is 2.37. The van der Waals surface area contributed by atoms with Crippen LogP contribution in [0.1, 0.15) is 20.8 Å². The van der Waals surface area contributed by atoms with Gasteiger partial charge in [-0.15, -0.1) is 11.3 Å². The predicted octanol–water partition coefficient (Wildman–Crippen LogP) is 4.83. The van der Waals surface area contributed by atoms with Gasteiger partial charge in [-0.05, 0) is 18.2 Å². The normalized spacial score (nSPS) is 13.1. The van der Waals surface area contributed by atoms with E-state index in [2.05, 4.69) is 0 Å². The summed E-state index contributed by atoms with van der Waals surface area (Å²) in [6.45, 7) is -0.0904. The van der Waals surface area contributed by atoms with Crippen LogP contribution in [-0.2, 0) is 22.7 Å². The first-order valence-corrected chi connectivity index (χ1v) is 9.19. The molecule has 0 bridgehead atoms. The molecule has 0 amide bonds. The Morgan fingerprint density at radius 2 is 2.18 bits per heavy atom. The maximum absolute atomic E-state index is 13.4. The number of nitrogens with zero attached hydrogens (tertiary/aromatic N) is 1. The van der Waals surface area contributed by atoms with Crippen molar-refractivity contribution < 1.29 is 28.3 Å². The second-order valence-electron chi connectivity index (χ2n) is 5.92. The van der Waals surface area contributed by atoms with Crippen LogP contribution in [0.2, 0.25) is 5.02 Å².